The van der Waals surface area contributed by atoms with Gasteiger partial charge in [0.25, 0.3) is 5.91 Å². The monoisotopic (exact) mass is 453 g/mol. The lowest BCUT2D eigenvalue weighted by atomic mass is 9.88. The van der Waals surface area contributed by atoms with Crippen LogP contribution in [-0.4, -0.2) is 42.9 Å². The Labute approximate surface area is 200 Å². The molecule has 0 bridgehead atoms. The minimum atomic E-state index is -0.575. The van der Waals surface area contributed by atoms with Crippen LogP contribution in [0, 0.1) is 5.41 Å². The molecule has 5 heteroatoms. The van der Waals surface area contributed by atoms with Crippen LogP contribution in [0.3, 0.4) is 0 Å². The molecule has 0 radical (unpaired) electrons. The van der Waals surface area contributed by atoms with Gasteiger partial charge in [0.2, 0.25) is 5.91 Å². The first kappa shape index (κ1) is 25.3. The third kappa shape index (κ3) is 6.84. The first-order valence-electron chi connectivity index (χ1n) is 12.8. The van der Waals surface area contributed by atoms with Crippen molar-refractivity contribution in [2.45, 2.75) is 97.1 Å². The van der Waals surface area contributed by atoms with Crippen molar-refractivity contribution in [3.63, 3.8) is 0 Å². The van der Waals surface area contributed by atoms with E-state index in [0.29, 0.717) is 5.70 Å². The van der Waals surface area contributed by atoms with E-state index in [4.69, 9.17) is 0 Å². The normalized spacial score (nSPS) is 18.6. The SMILES string of the molecule is CN(C)c1ccc(/C=C(/NC(=O)C(C)(C)C)C(=O)N(C2CCCCC2)C2CCCCC2)cc1. The highest BCUT2D eigenvalue weighted by Crippen LogP contribution is 2.31. The van der Waals surface area contributed by atoms with Crippen LogP contribution in [-0.2, 0) is 9.59 Å². The molecule has 5 nitrogen and oxygen atoms in total. The van der Waals surface area contributed by atoms with Crippen LogP contribution in [0.5, 0.6) is 0 Å². The molecule has 0 atom stereocenters. The fourth-order valence-corrected chi connectivity index (χ4v) is 4.98. The van der Waals surface area contributed by atoms with Crippen molar-refractivity contribution in [2.24, 2.45) is 5.41 Å². The quantitative estimate of drug-likeness (QED) is 0.558. The lowest BCUT2D eigenvalue weighted by Crippen LogP contribution is -2.51. The second-order valence-corrected chi connectivity index (χ2v) is 11.0. The molecule has 2 aliphatic rings. The van der Waals surface area contributed by atoms with Gasteiger partial charge in [-0.05, 0) is 49.5 Å². The lowest BCUT2D eigenvalue weighted by Gasteiger charge is -2.42. The first-order valence-corrected chi connectivity index (χ1v) is 12.8. The molecule has 2 aliphatic carbocycles. The van der Waals surface area contributed by atoms with Crippen molar-refractivity contribution in [3.8, 4) is 0 Å². The smallest absolute Gasteiger partial charge is 0.270 e. The summed E-state index contributed by atoms with van der Waals surface area (Å²) in [4.78, 5) is 31.3. The van der Waals surface area contributed by atoms with Crippen molar-refractivity contribution >= 4 is 23.6 Å². The molecule has 33 heavy (non-hydrogen) atoms. The number of anilines is 1. The molecule has 0 aliphatic heterocycles. The summed E-state index contributed by atoms with van der Waals surface area (Å²) in [6.07, 6.45) is 13.4. The molecule has 1 aromatic rings. The summed E-state index contributed by atoms with van der Waals surface area (Å²) < 4.78 is 0. The number of carbonyl (C=O) groups is 2. The summed E-state index contributed by atoms with van der Waals surface area (Å²) >= 11 is 0. The molecule has 0 aromatic heterocycles. The van der Waals surface area contributed by atoms with Gasteiger partial charge in [0.1, 0.15) is 5.70 Å². The number of benzene rings is 1. The molecule has 2 saturated carbocycles. The Morgan fingerprint density at radius 1 is 0.848 bits per heavy atom. The summed E-state index contributed by atoms with van der Waals surface area (Å²) in [5.74, 6) is -0.137. The van der Waals surface area contributed by atoms with E-state index in [-0.39, 0.29) is 23.9 Å². The van der Waals surface area contributed by atoms with Gasteiger partial charge < -0.3 is 15.1 Å². The van der Waals surface area contributed by atoms with Crippen LogP contribution >= 0.6 is 0 Å². The van der Waals surface area contributed by atoms with Crippen LogP contribution in [0.25, 0.3) is 6.08 Å². The van der Waals surface area contributed by atoms with Crippen LogP contribution in [0.2, 0.25) is 0 Å². The fourth-order valence-electron chi connectivity index (χ4n) is 4.98. The van der Waals surface area contributed by atoms with Gasteiger partial charge in [-0.3, -0.25) is 9.59 Å². The van der Waals surface area contributed by atoms with Crippen molar-refractivity contribution in [1.82, 2.24) is 10.2 Å². The van der Waals surface area contributed by atoms with Crippen LogP contribution < -0.4 is 10.2 Å². The number of hydrogen-bond acceptors (Lipinski definition) is 3. The highest BCUT2D eigenvalue weighted by atomic mass is 16.2. The Morgan fingerprint density at radius 3 is 1.76 bits per heavy atom. The largest absolute Gasteiger partial charge is 0.378 e. The van der Waals surface area contributed by atoms with E-state index in [0.717, 1.165) is 36.9 Å². The Kier molecular flexibility index (Phi) is 8.61. The van der Waals surface area contributed by atoms with Gasteiger partial charge in [-0.1, -0.05) is 71.4 Å². The Balaban J connectivity index is 1.96. The maximum Gasteiger partial charge on any atom is 0.270 e. The molecule has 3 rings (SSSR count). The summed E-state index contributed by atoms with van der Waals surface area (Å²) in [6, 6.07) is 8.66. The van der Waals surface area contributed by atoms with Gasteiger partial charge in [-0.15, -0.1) is 0 Å². The Morgan fingerprint density at radius 2 is 1.33 bits per heavy atom. The number of nitrogens with zero attached hydrogens (tertiary/aromatic N) is 2. The van der Waals surface area contributed by atoms with Gasteiger partial charge in [0, 0.05) is 37.3 Å². The van der Waals surface area contributed by atoms with E-state index in [2.05, 4.69) is 15.1 Å². The molecular weight excluding hydrogens is 410 g/mol. The number of carbonyl (C=O) groups excluding carboxylic acids is 2. The Bertz CT molecular complexity index is 806. The minimum Gasteiger partial charge on any atom is -0.378 e. The molecule has 1 N–H and O–H groups in total. The summed E-state index contributed by atoms with van der Waals surface area (Å²) in [7, 11) is 4.02. The zero-order valence-corrected chi connectivity index (χ0v) is 21.3. The predicted molar refractivity (Wildman–Crippen MR) is 137 cm³/mol. The second kappa shape index (κ2) is 11.2. The Hall–Kier alpha value is -2.30. The van der Waals surface area contributed by atoms with Crippen molar-refractivity contribution in [2.75, 3.05) is 19.0 Å². The number of nitrogens with one attached hydrogen (secondary N) is 1. The van der Waals surface area contributed by atoms with Crippen molar-refractivity contribution in [1.29, 1.82) is 0 Å². The van der Waals surface area contributed by atoms with Crippen molar-refractivity contribution in [3.05, 3.63) is 35.5 Å². The maximum absolute atomic E-state index is 14.1. The highest BCUT2D eigenvalue weighted by molar-refractivity contribution is 6.02. The molecular formula is C28H43N3O2. The van der Waals surface area contributed by atoms with E-state index in [1.54, 1.807) is 0 Å². The molecule has 0 unspecified atom stereocenters. The van der Waals surface area contributed by atoms with E-state index in [9.17, 15) is 9.59 Å². The average molecular weight is 454 g/mol. The molecule has 1 aromatic carbocycles. The third-order valence-corrected chi connectivity index (χ3v) is 7.05. The van der Waals surface area contributed by atoms with Crippen LogP contribution in [0.1, 0.15) is 90.5 Å². The van der Waals surface area contributed by atoms with E-state index < -0.39 is 5.41 Å². The van der Waals surface area contributed by atoms with Crippen LogP contribution in [0.15, 0.2) is 30.0 Å². The molecule has 2 fully saturated rings. The van der Waals surface area contributed by atoms with Gasteiger partial charge in [-0.25, -0.2) is 0 Å². The third-order valence-electron chi connectivity index (χ3n) is 7.05. The van der Waals surface area contributed by atoms with Gasteiger partial charge in [0.05, 0.1) is 0 Å². The maximum atomic E-state index is 14.1. The summed E-state index contributed by atoms with van der Waals surface area (Å²) in [6.45, 7) is 5.66. The molecule has 182 valence electrons. The van der Waals surface area contributed by atoms with Gasteiger partial charge in [0.15, 0.2) is 0 Å². The second-order valence-electron chi connectivity index (χ2n) is 11.0. The zero-order chi connectivity index (χ0) is 24.0. The first-order chi connectivity index (χ1) is 15.7. The fraction of sp³-hybridized carbons (Fsp3) is 0.643. The van der Waals surface area contributed by atoms with E-state index in [1.807, 2.05) is 65.2 Å². The standard InChI is InChI=1S/C28H43N3O2/c1-28(2,3)27(33)29-25(20-21-16-18-22(19-17-21)30(4)5)26(32)31(23-12-8-6-9-13-23)24-14-10-7-11-15-24/h16-20,23-24H,6-15H2,1-5H3,(H,29,33)/b25-20+. The number of hydrogen-bond donors (Lipinski definition) is 1. The zero-order valence-electron chi connectivity index (χ0n) is 21.3. The average Bonchev–Trinajstić information content (AvgIpc) is 2.80. The van der Waals surface area contributed by atoms with Gasteiger partial charge >= 0.3 is 0 Å². The van der Waals surface area contributed by atoms with Gasteiger partial charge in [-0.2, -0.15) is 0 Å². The summed E-state index contributed by atoms with van der Waals surface area (Å²) in [5.41, 5.74) is 1.85. The topological polar surface area (TPSA) is 52.7 Å². The number of amides is 2. The predicted octanol–water partition coefficient (Wildman–Crippen LogP) is 5.75. The van der Waals surface area contributed by atoms with Crippen molar-refractivity contribution < 1.29 is 9.59 Å². The number of rotatable bonds is 6. The minimum absolute atomic E-state index is 0.0110. The van der Waals surface area contributed by atoms with E-state index >= 15 is 0 Å². The summed E-state index contributed by atoms with van der Waals surface area (Å²) in [5, 5.41) is 3.02. The molecule has 0 spiro atoms. The highest BCUT2D eigenvalue weighted by Gasteiger charge is 2.35. The van der Waals surface area contributed by atoms with Crippen LogP contribution in [0.4, 0.5) is 5.69 Å². The molecule has 0 saturated heterocycles. The lowest BCUT2D eigenvalue weighted by molar-refractivity contribution is -0.136. The van der Waals surface area contributed by atoms with E-state index in [1.165, 1.54) is 38.5 Å². The molecule has 0 heterocycles. The molecule has 2 amide bonds.